The van der Waals surface area contributed by atoms with Crippen molar-refractivity contribution in [2.24, 2.45) is 0 Å². The van der Waals surface area contributed by atoms with Crippen molar-refractivity contribution in [3.63, 3.8) is 0 Å². The highest BCUT2D eigenvalue weighted by atomic mass is 35.5. The fourth-order valence-electron chi connectivity index (χ4n) is 3.81. The van der Waals surface area contributed by atoms with Gasteiger partial charge in [-0.2, -0.15) is 0 Å². The molecule has 176 valence electrons. The number of pyridine rings is 1. The molecular formula is C24H20Cl3N3O4. The first kappa shape index (κ1) is 24.1. The van der Waals surface area contributed by atoms with E-state index >= 15 is 0 Å². The van der Waals surface area contributed by atoms with E-state index in [9.17, 15) is 9.59 Å². The fraction of sp³-hybridized carbons (Fsp3) is 0.208. The minimum Gasteiger partial charge on any atom is -0.493 e. The van der Waals surface area contributed by atoms with E-state index in [0.717, 1.165) is 5.56 Å². The molecule has 2 unspecified atom stereocenters. The first-order valence-electron chi connectivity index (χ1n) is 10.3. The summed E-state index contributed by atoms with van der Waals surface area (Å²) in [5.74, 6) is -0.764. The molecule has 2 amide bonds. The molecular weight excluding hydrogens is 501 g/mol. The highest BCUT2D eigenvalue weighted by Gasteiger charge is 2.41. The third-order valence-corrected chi connectivity index (χ3v) is 6.29. The van der Waals surface area contributed by atoms with Crippen LogP contribution in [0.3, 0.4) is 0 Å². The van der Waals surface area contributed by atoms with Crippen LogP contribution in [0.1, 0.15) is 34.3 Å². The number of rotatable bonds is 6. The van der Waals surface area contributed by atoms with Crippen molar-refractivity contribution in [2.75, 3.05) is 12.4 Å². The van der Waals surface area contributed by atoms with Crippen molar-refractivity contribution in [1.29, 1.82) is 0 Å². The number of anilines is 1. The standard InChI is InChI=1S/C24H20Cl3N3O4/c1-12-19(24(32)29-9-13-3-5-14(25)6-4-13)20-15(7-8-18(33-2)22(20)34-12)23(31)30-21-16(26)10-28-11-17(21)27/h3-8,10-12,19H,9H2,1-2H3,(H,29,32)(H,28,30,31). The zero-order chi connectivity index (χ0) is 24.4. The number of halogens is 3. The number of aromatic nitrogens is 1. The monoisotopic (exact) mass is 519 g/mol. The number of fused-ring (bicyclic) bond motifs is 1. The Kier molecular flexibility index (Phi) is 7.16. The molecule has 0 saturated carbocycles. The maximum atomic E-state index is 13.3. The van der Waals surface area contributed by atoms with Crippen LogP contribution in [0.5, 0.6) is 11.5 Å². The molecule has 2 atom stereocenters. The summed E-state index contributed by atoms with van der Waals surface area (Å²) in [5, 5.41) is 6.62. The van der Waals surface area contributed by atoms with Gasteiger partial charge in [-0.3, -0.25) is 14.6 Å². The van der Waals surface area contributed by atoms with Gasteiger partial charge in [0.1, 0.15) is 12.0 Å². The Morgan fingerprint density at radius 2 is 1.74 bits per heavy atom. The van der Waals surface area contributed by atoms with Gasteiger partial charge < -0.3 is 20.1 Å². The smallest absolute Gasteiger partial charge is 0.256 e. The van der Waals surface area contributed by atoms with Crippen LogP contribution >= 0.6 is 34.8 Å². The minimum absolute atomic E-state index is 0.188. The number of amides is 2. The van der Waals surface area contributed by atoms with E-state index in [1.807, 2.05) is 12.1 Å². The molecule has 0 bridgehead atoms. The highest BCUT2D eigenvalue weighted by Crippen LogP contribution is 2.46. The van der Waals surface area contributed by atoms with Crippen LogP contribution in [0.4, 0.5) is 5.69 Å². The second-order valence-electron chi connectivity index (χ2n) is 7.64. The predicted molar refractivity (Wildman–Crippen MR) is 131 cm³/mol. The van der Waals surface area contributed by atoms with Gasteiger partial charge in [0.2, 0.25) is 5.91 Å². The third-order valence-electron chi connectivity index (χ3n) is 5.46. The normalized spacial score (nSPS) is 16.4. The molecule has 0 saturated heterocycles. The van der Waals surface area contributed by atoms with E-state index in [1.54, 1.807) is 31.2 Å². The van der Waals surface area contributed by atoms with Crippen molar-refractivity contribution < 1.29 is 19.1 Å². The molecule has 2 heterocycles. The summed E-state index contributed by atoms with van der Waals surface area (Å²) >= 11 is 18.3. The van der Waals surface area contributed by atoms with E-state index in [4.69, 9.17) is 44.3 Å². The van der Waals surface area contributed by atoms with E-state index in [1.165, 1.54) is 19.5 Å². The van der Waals surface area contributed by atoms with Crippen LogP contribution in [0.15, 0.2) is 48.8 Å². The lowest BCUT2D eigenvalue weighted by Gasteiger charge is -2.17. The lowest BCUT2D eigenvalue weighted by atomic mass is 9.90. The summed E-state index contributed by atoms with van der Waals surface area (Å²) in [7, 11) is 1.49. The molecule has 10 heteroatoms. The molecule has 7 nitrogen and oxygen atoms in total. The average Bonchev–Trinajstić information content (AvgIpc) is 3.17. The Morgan fingerprint density at radius 1 is 1.06 bits per heavy atom. The summed E-state index contributed by atoms with van der Waals surface area (Å²) in [4.78, 5) is 30.4. The van der Waals surface area contributed by atoms with Crippen LogP contribution in [0, 0.1) is 0 Å². The molecule has 2 aromatic carbocycles. The molecule has 3 aromatic rings. The molecule has 1 aliphatic heterocycles. The van der Waals surface area contributed by atoms with Crippen LogP contribution in [-0.4, -0.2) is 30.0 Å². The molecule has 0 radical (unpaired) electrons. The van der Waals surface area contributed by atoms with E-state index < -0.39 is 17.9 Å². The maximum absolute atomic E-state index is 13.3. The summed E-state index contributed by atoms with van der Waals surface area (Å²) in [5.41, 5.74) is 1.79. The molecule has 0 aliphatic carbocycles. The molecule has 4 rings (SSSR count). The molecule has 0 fully saturated rings. The number of hydrogen-bond donors (Lipinski definition) is 2. The Labute approximate surface area is 211 Å². The van der Waals surface area contributed by atoms with Gasteiger partial charge >= 0.3 is 0 Å². The number of nitrogens with one attached hydrogen (secondary N) is 2. The van der Waals surface area contributed by atoms with Gasteiger partial charge in [-0.25, -0.2) is 0 Å². The van der Waals surface area contributed by atoms with Crippen LogP contribution in [0.25, 0.3) is 0 Å². The van der Waals surface area contributed by atoms with Gasteiger partial charge in [-0.05, 0) is 36.8 Å². The van der Waals surface area contributed by atoms with Gasteiger partial charge in [0.15, 0.2) is 11.5 Å². The number of nitrogens with zero attached hydrogens (tertiary/aromatic N) is 1. The van der Waals surface area contributed by atoms with Crippen LogP contribution < -0.4 is 20.1 Å². The highest BCUT2D eigenvalue weighted by molar-refractivity contribution is 6.39. The fourth-order valence-corrected chi connectivity index (χ4v) is 4.40. The maximum Gasteiger partial charge on any atom is 0.256 e. The quantitative estimate of drug-likeness (QED) is 0.449. The molecule has 1 aliphatic rings. The van der Waals surface area contributed by atoms with Crippen molar-refractivity contribution in [3.8, 4) is 11.5 Å². The van der Waals surface area contributed by atoms with Gasteiger partial charge in [-0.15, -0.1) is 0 Å². The SMILES string of the molecule is COc1ccc(C(=O)Nc2c(Cl)cncc2Cl)c2c1OC(C)C2C(=O)NCc1ccc(Cl)cc1. The number of methoxy groups -OCH3 is 1. The topological polar surface area (TPSA) is 89.6 Å². The molecule has 34 heavy (non-hydrogen) atoms. The average molecular weight is 521 g/mol. The predicted octanol–water partition coefficient (Wildman–Crippen LogP) is 5.48. The summed E-state index contributed by atoms with van der Waals surface area (Å²) in [6.45, 7) is 2.06. The van der Waals surface area contributed by atoms with Crippen LogP contribution in [-0.2, 0) is 11.3 Å². The molecule has 1 aromatic heterocycles. The van der Waals surface area contributed by atoms with Crippen molar-refractivity contribution in [2.45, 2.75) is 25.5 Å². The lowest BCUT2D eigenvalue weighted by molar-refractivity contribution is -0.123. The molecule has 2 N–H and O–H groups in total. The Morgan fingerprint density at radius 3 is 2.38 bits per heavy atom. The first-order valence-corrected chi connectivity index (χ1v) is 11.4. The van der Waals surface area contributed by atoms with Crippen molar-refractivity contribution in [1.82, 2.24) is 10.3 Å². The Balaban J connectivity index is 1.66. The van der Waals surface area contributed by atoms with Gasteiger partial charge in [-0.1, -0.05) is 46.9 Å². The number of hydrogen-bond acceptors (Lipinski definition) is 5. The zero-order valence-corrected chi connectivity index (χ0v) is 20.5. The van der Waals surface area contributed by atoms with Gasteiger partial charge in [0.05, 0.1) is 22.8 Å². The molecule has 0 spiro atoms. The number of benzene rings is 2. The largest absolute Gasteiger partial charge is 0.493 e. The van der Waals surface area contributed by atoms with E-state index in [-0.39, 0.29) is 27.2 Å². The number of carbonyl (C=O) groups is 2. The first-order chi connectivity index (χ1) is 16.3. The zero-order valence-electron chi connectivity index (χ0n) is 18.2. The second-order valence-corrected chi connectivity index (χ2v) is 8.89. The lowest BCUT2D eigenvalue weighted by Crippen LogP contribution is -2.34. The van der Waals surface area contributed by atoms with Crippen molar-refractivity contribution >= 4 is 52.3 Å². The third kappa shape index (κ3) is 4.78. The Hall–Kier alpha value is -3.00. The van der Waals surface area contributed by atoms with E-state index in [2.05, 4.69) is 15.6 Å². The summed E-state index contributed by atoms with van der Waals surface area (Å²) in [6, 6.07) is 10.4. The van der Waals surface area contributed by atoms with E-state index in [0.29, 0.717) is 28.6 Å². The summed E-state index contributed by atoms with van der Waals surface area (Å²) < 4.78 is 11.4. The van der Waals surface area contributed by atoms with Crippen molar-refractivity contribution in [3.05, 3.63) is 80.6 Å². The summed E-state index contributed by atoms with van der Waals surface area (Å²) in [6.07, 6.45) is 2.22. The van der Waals surface area contributed by atoms with Crippen LogP contribution in [0.2, 0.25) is 15.1 Å². The van der Waals surface area contributed by atoms with Gasteiger partial charge in [0.25, 0.3) is 5.91 Å². The second kappa shape index (κ2) is 10.1. The number of carbonyl (C=O) groups excluding carboxylic acids is 2. The van der Waals surface area contributed by atoms with Gasteiger partial charge in [0, 0.05) is 35.1 Å². The number of ether oxygens (including phenoxy) is 2. The minimum atomic E-state index is -0.749. The Bertz CT molecular complexity index is 1230.